The van der Waals surface area contributed by atoms with Crippen LogP contribution >= 0.6 is 0 Å². The molecule has 1 atom stereocenters. The number of nitrogens with zero attached hydrogens (tertiary/aromatic N) is 3. The highest BCUT2D eigenvalue weighted by Crippen LogP contribution is 2.22. The van der Waals surface area contributed by atoms with Crippen molar-refractivity contribution in [3.8, 4) is 0 Å². The third-order valence-electron chi connectivity index (χ3n) is 3.77. The predicted octanol–water partition coefficient (Wildman–Crippen LogP) is 1.31. The first-order chi connectivity index (χ1) is 10.5. The summed E-state index contributed by atoms with van der Waals surface area (Å²) < 4.78 is 6.86. The molecule has 2 amide bonds. The fourth-order valence-corrected chi connectivity index (χ4v) is 2.65. The SMILES string of the molecule is Cc1cc(NC(=O)C2CC(=O)N(Cc3ccco3)C2)n(C)n1. The van der Waals surface area contributed by atoms with Gasteiger partial charge in [0.05, 0.1) is 24.4 Å². The number of anilines is 1. The Hall–Kier alpha value is -2.57. The lowest BCUT2D eigenvalue weighted by molar-refractivity contribution is -0.128. The van der Waals surface area contributed by atoms with Crippen LogP contribution in [0.1, 0.15) is 17.9 Å². The number of carbonyl (C=O) groups excluding carboxylic acids is 2. The molecule has 0 bridgehead atoms. The van der Waals surface area contributed by atoms with E-state index in [1.54, 1.807) is 35.0 Å². The molecule has 1 aliphatic heterocycles. The number of hydrogen-bond donors (Lipinski definition) is 1. The van der Waals surface area contributed by atoms with E-state index in [1.807, 2.05) is 13.0 Å². The van der Waals surface area contributed by atoms with Gasteiger partial charge in [-0.1, -0.05) is 0 Å². The summed E-state index contributed by atoms with van der Waals surface area (Å²) in [5.74, 6) is 0.824. The molecular weight excluding hydrogens is 284 g/mol. The molecule has 116 valence electrons. The molecule has 1 fully saturated rings. The van der Waals surface area contributed by atoms with Crippen LogP contribution in [-0.4, -0.2) is 33.0 Å². The van der Waals surface area contributed by atoms with Crippen LogP contribution in [0.2, 0.25) is 0 Å². The minimum absolute atomic E-state index is 0.0299. The zero-order chi connectivity index (χ0) is 15.7. The van der Waals surface area contributed by atoms with Gasteiger partial charge in [-0.25, -0.2) is 0 Å². The molecule has 7 heteroatoms. The molecule has 0 aliphatic carbocycles. The summed E-state index contributed by atoms with van der Waals surface area (Å²) in [4.78, 5) is 26.0. The monoisotopic (exact) mass is 302 g/mol. The smallest absolute Gasteiger partial charge is 0.230 e. The molecule has 1 aliphatic rings. The van der Waals surface area contributed by atoms with Gasteiger partial charge >= 0.3 is 0 Å². The third-order valence-corrected chi connectivity index (χ3v) is 3.77. The molecule has 0 radical (unpaired) electrons. The highest BCUT2D eigenvalue weighted by molar-refractivity contribution is 5.96. The second-order valence-corrected chi connectivity index (χ2v) is 5.54. The van der Waals surface area contributed by atoms with Crippen molar-refractivity contribution in [2.75, 3.05) is 11.9 Å². The van der Waals surface area contributed by atoms with Gasteiger partial charge in [-0.05, 0) is 19.1 Å². The maximum atomic E-state index is 12.3. The molecule has 2 aromatic rings. The van der Waals surface area contributed by atoms with Crippen LogP contribution in [-0.2, 0) is 23.2 Å². The van der Waals surface area contributed by atoms with Crippen molar-refractivity contribution in [1.82, 2.24) is 14.7 Å². The summed E-state index contributed by atoms with van der Waals surface area (Å²) >= 11 is 0. The van der Waals surface area contributed by atoms with Crippen LogP contribution in [0, 0.1) is 12.8 Å². The average molecular weight is 302 g/mol. The van der Waals surface area contributed by atoms with Crippen LogP contribution in [0.5, 0.6) is 0 Å². The minimum atomic E-state index is -0.349. The van der Waals surface area contributed by atoms with E-state index in [1.165, 1.54) is 0 Å². The van der Waals surface area contributed by atoms with Crippen molar-refractivity contribution in [3.05, 3.63) is 35.9 Å². The quantitative estimate of drug-likeness (QED) is 0.923. The number of furan rings is 1. The zero-order valence-corrected chi connectivity index (χ0v) is 12.6. The van der Waals surface area contributed by atoms with Gasteiger partial charge in [-0.2, -0.15) is 5.10 Å². The summed E-state index contributed by atoms with van der Waals surface area (Å²) in [5, 5.41) is 7.01. The Labute approximate surface area is 127 Å². The first-order valence-corrected chi connectivity index (χ1v) is 7.14. The summed E-state index contributed by atoms with van der Waals surface area (Å²) in [6.07, 6.45) is 1.80. The number of carbonyl (C=O) groups is 2. The van der Waals surface area contributed by atoms with E-state index < -0.39 is 0 Å². The maximum Gasteiger partial charge on any atom is 0.230 e. The third kappa shape index (κ3) is 2.88. The molecule has 1 N–H and O–H groups in total. The van der Waals surface area contributed by atoms with Crippen molar-refractivity contribution in [2.45, 2.75) is 19.9 Å². The minimum Gasteiger partial charge on any atom is -0.467 e. The predicted molar refractivity (Wildman–Crippen MR) is 78.8 cm³/mol. The molecule has 1 unspecified atom stereocenters. The molecule has 1 saturated heterocycles. The van der Waals surface area contributed by atoms with Crippen LogP contribution in [0.4, 0.5) is 5.82 Å². The Morgan fingerprint density at radius 2 is 2.36 bits per heavy atom. The highest BCUT2D eigenvalue weighted by atomic mass is 16.3. The van der Waals surface area contributed by atoms with Gasteiger partial charge < -0.3 is 14.6 Å². The first kappa shape index (κ1) is 14.4. The van der Waals surface area contributed by atoms with Crippen LogP contribution in [0.15, 0.2) is 28.9 Å². The second-order valence-electron chi connectivity index (χ2n) is 5.54. The molecule has 3 heterocycles. The number of aromatic nitrogens is 2. The summed E-state index contributed by atoms with van der Waals surface area (Å²) in [5.41, 5.74) is 0.833. The van der Waals surface area contributed by atoms with E-state index in [9.17, 15) is 9.59 Å². The number of likely N-dealkylation sites (tertiary alicyclic amines) is 1. The van der Waals surface area contributed by atoms with E-state index in [0.29, 0.717) is 18.9 Å². The average Bonchev–Trinajstić information content (AvgIpc) is 3.15. The van der Waals surface area contributed by atoms with Crippen LogP contribution in [0.3, 0.4) is 0 Å². The standard InChI is InChI=1S/C15H18N4O3/c1-10-6-13(18(2)17-10)16-15(21)11-7-14(20)19(8-11)9-12-4-3-5-22-12/h3-6,11H,7-9H2,1-2H3,(H,16,21). The fraction of sp³-hybridized carbons (Fsp3) is 0.400. The summed E-state index contributed by atoms with van der Waals surface area (Å²) in [6.45, 7) is 2.67. The van der Waals surface area contributed by atoms with Gasteiger partial charge in [0.2, 0.25) is 11.8 Å². The number of nitrogens with one attached hydrogen (secondary N) is 1. The van der Waals surface area contributed by atoms with E-state index in [-0.39, 0.29) is 24.2 Å². The highest BCUT2D eigenvalue weighted by Gasteiger charge is 2.34. The molecule has 0 aromatic carbocycles. The number of amides is 2. The van der Waals surface area contributed by atoms with Crippen molar-refractivity contribution in [3.63, 3.8) is 0 Å². The molecule has 0 saturated carbocycles. The van der Waals surface area contributed by atoms with Crippen LogP contribution in [0.25, 0.3) is 0 Å². The van der Waals surface area contributed by atoms with E-state index in [0.717, 1.165) is 11.5 Å². The normalized spacial score (nSPS) is 18.0. The molecule has 0 spiro atoms. The van der Waals surface area contributed by atoms with E-state index in [2.05, 4.69) is 10.4 Å². The van der Waals surface area contributed by atoms with Gasteiger partial charge in [0.25, 0.3) is 0 Å². The molecule has 3 rings (SSSR count). The molecular formula is C15H18N4O3. The van der Waals surface area contributed by atoms with Gasteiger partial charge in [-0.3, -0.25) is 14.3 Å². The molecule has 2 aromatic heterocycles. The largest absolute Gasteiger partial charge is 0.467 e. The van der Waals surface area contributed by atoms with E-state index >= 15 is 0 Å². The lowest BCUT2D eigenvalue weighted by atomic mass is 10.1. The van der Waals surface area contributed by atoms with Crippen molar-refractivity contribution >= 4 is 17.6 Å². The van der Waals surface area contributed by atoms with Crippen molar-refractivity contribution in [2.24, 2.45) is 13.0 Å². The van der Waals surface area contributed by atoms with Gasteiger partial charge in [0.15, 0.2) is 0 Å². The molecule has 22 heavy (non-hydrogen) atoms. The van der Waals surface area contributed by atoms with Crippen LogP contribution < -0.4 is 5.32 Å². The van der Waals surface area contributed by atoms with Crippen molar-refractivity contribution in [1.29, 1.82) is 0 Å². The summed E-state index contributed by atoms with van der Waals surface area (Å²) in [6, 6.07) is 5.40. The second kappa shape index (κ2) is 5.67. The fourth-order valence-electron chi connectivity index (χ4n) is 2.65. The number of hydrogen-bond acceptors (Lipinski definition) is 4. The Kier molecular flexibility index (Phi) is 3.70. The van der Waals surface area contributed by atoms with Gasteiger partial charge in [0.1, 0.15) is 11.6 Å². The number of rotatable bonds is 4. The Balaban J connectivity index is 1.62. The van der Waals surface area contributed by atoms with Gasteiger partial charge in [0, 0.05) is 26.1 Å². The van der Waals surface area contributed by atoms with E-state index in [4.69, 9.17) is 4.42 Å². The first-order valence-electron chi connectivity index (χ1n) is 7.14. The topological polar surface area (TPSA) is 80.4 Å². The lowest BCUT2D eigenvalue weighted by Crippen LogP contribution is -2.28. The van der Waals surface area contributed by atoms with Gasteiger partial charge in [-0.15, -0.1) is 0 Å². The molecule has 7 nitrogen and oxygen atoms in total. The van der Waals surface area contributed by atoms with Crippen molar-refractivity contribution < 1.29 is 14.0 Å². The lowest BCUT2D eigenvalue weighted by Gasteiger charge is -2.15. The Bertz CT molecular complexity index is 690. The number of aryl methyl sites for hydroxylation is 2. The zero-order valence-electron chi connectivity index (χ0n) is 12.6. The Morgan fingerprint density at radius 1 is 1.55 bits per heavy atom. The summed E-state index contributed by atoms with van der Waals surface area (Å²) in [7, 11) is 1.77. The maximum absolute atomic E-state index is 12.3. The Morgan fingerprint density at radius 3 is 3.00 bits per heavy atom.